The topological polar surface area (TPSA) is 42.0 Å². The van der Waals surface area contributed by atoms with Crippen LogP contribution in [0.4, 0.5) is 4.39 Å². The van der Waals surface area contributed by atoms with Gasteiger partial charge >= 0.3 is 0 Å². The van der Waals surface area contributed by atoms with Gasteiger partial charge in [0.25, 0.3) is 5.91 Å². The molecule has 0 aliphatic heterocycles. The molecule has 1 aromatic carbocycles. The van der Waals surface area contributed by atoms with E-state index in [0.29, 0.717) is 17.4 Å². The lowest BCUT2D eigenvalue weighted by molar-refractivity contribution is 0.0958. The van der Waals surface area contributed by atoms with E-state index in [4.69, 9.17) is 11.6 Å². The molecule has 1 amide bonds. The second-order valence-electron chi connectivity index (χ2n) is 3.66. The Morgan fingerprint density at radius 1 is 1.50 bits per heavy atom. The van der Waals surface area contributed by atoms with Crippen LogP contribution in [0.3, 0.4) is 0 Å². The lowest BCUT2D eigenvalue weighted by Crippen LogP contribution is -2.23. The Balaban J connectivity index is 2.46. The van der Waals surface area contributed by atoms with E-state index in [1.807, 2.05) is 0 Å². The van der Waals surface area contributed by atoms with Crippen molar-refractivity contribution >= 4 is 28.4 Å². The van der Waals surface area contributed by atoms with E-state index in [1.165, 1.54) is 12.1 Å². The maximum atomic E-state index is 13.0. The Hall–Kier alpha value is -1.94. The summed E-state index contributed by atoms with van der Waals surface area (Å²) in [6.07, 6.45) is 1.57. The van der Waals surface area contributed by atoms with Crippen molar-refractivity contribution in [3.8, 4) is 0 Å². The monoisotopic (exact) mass is 264 g/mol. The summed E-state index contributed by atoms with van der Waals surface area (Å²) in [5.41, 5.74) is 0.679. The Morgan fingerprint density at radius 3 is 3.00 bits per heavy atom. The van der Waals surface area contributed by atoms with Gasteiger partial charge in [0.2, 0.25) is 0 Å². The first kappa shape index (κ1) is 12.5. The van der Waals surface area contributed by atoms with Crippen molar-refractivity contribution in [1.29, 1.82) is 0 Å². The van der Waals surface area contributed by atoms with Crippen LogP contribution >= 0.6 is 11.6 Å². The molecule has 0 radical (unpaired) electrons. The van der Waals surface area contributed by atoms with Crippen LogP contribution in [0, 0.1) is 5.82 Å². The number of rotatable bonds is 3. The predicted molar refractivity (Wildman–Crippen MR) is 69.2 cm³/mol. The maximum absolute atomic E-state index is 13.0. The van der Waals surface area contributed by atoms with E-state index in [0.717, 1.165) is 0 Å². The fourth-order valence-electron chi connectivity index (χ4n) is 1.54. The number of carbonyl (C=O) groups excluding carboxylic acids is 1. The molecule has 2 aromatic rings. The van der Waals surface area contributed by atoms with Crippen LogP contribution in [0.1, 0.15) is 10.4 Å². The highest BCUT2D eigenvalue weighted by Crippen LogP contribution is 2.21. The average Bonchev–Trinajstić information content (AvgIpc) is 2.35. The first-order valence-electron chi connectivity index (χ1n) is 5.26. The molecule has 0 aliphatic rings. The first-order chi connectivity index (χ1) is 8.61. The zero-order valence-electron chi connectivity index (χ0n) is 9.41. The summed E-state index contributed by atoms with van der Waals surface area (Å²) >= 11 is 5.91. The molecule has 1 N–H and O–H groups in total. The number of carbonyl (C=O) groups is 1. The minimum absolute atomic E-state index is 0.0506. The maximum Gasteiger partial charge on any atom is 0.254 e. The van der Waals surface area contributed by atoms with Crippen molar-refractivity contribution in [2.45, 2.75) is 0 Å². The molecule has 0 aliphatic carbocycles. The fourth-order valence-corrected chi connectivity index (χ4v) is 1.77. The number of amides is 1. The van der Waals surface area contributed by atoms with Crippen molar-refractivity contribution in [3.63, 3.8) is 0 Å². The van der Waals surface area contributed by atoms with Gasteiger partial charge in [-0.2, -0.15) is 0 Å². The molecule has 92 valence electrons. The molecule has 3 nitrogen and oxygen atoms in total. The Labute approximate surface area is 108 Å². The van der Waals surface area contributed by atoms with Gasteiger partial charge in [0.15, 0.2) is 0 Å². The number of nitrogens with one attached hydrogen (secondary N) is 1. The number of halogens is 2. The summed E-state index contributed by atoms with van der Waals surface area (Å²) in [5.74, 6) is -0.728. The summed E-state index contributed by atoms with van der Waals surface area (Å²) in [5, 5.41) is 3.32. The Bertz CT molecular complexity index is 628. The molecule has 1 aromatic heterocycles. The number of benzene rings is 1. The highest BCUT2D eigenvalue weighted by molar-refractivity contribution is 6.33. The lowest BCUT2D eigenvalue weighted by atomic mass is 10.1. The van der Waals surface area contributed by atoms with E-state index >= 15 is 0 Å². The molecule has 5 heteroatoms. The molecule has 0 spiro atoms. The zero-order valence-corrected chi connectivity index (χ0v) is 10.2. The fraction of sp³-hybridized carbons (Fsp3) is 0.0769. The molecule has 0 atom stereocenters. The van der Waals surface area contributed by atoms with Crippen molar-refractivity contribution < 1.29 is 9.18 Å². The number of nitrogens with zero attached hydrogens (tertiary/aromatic N) is 1. The summed E-state index contributed by atoms with van der Waals surface area (Å²) in [6, 6.07) is 5.72. The van der Waals surface area contributed by atoms with Crippen LogP contribution in [-0.4, -0.2) is 17.4 Å². The van der Waals surface area contributed by atoms with Crippen LogP contribution in [0.5, 0.6) is 0 Å². The SMILES string of the molecule is C=CCNC(=O)c1cc2ccc(F)cc2nc1Cl. The van der Waals surface area contributed by atoms with Crippen LogP contribution < -0.4 is 5.32 Å². The molecule has 0 saturated heterocycles. The van der Waals surface area contributed by atoms with Gasteiger partial charge in [-0.3, -0.25) is 4.79 Å². The van der Waals surface area contributed by atoms with Crippen LogP contribution in [-0.2, 0) is 0 Å². The van der Waals surface area contributed by atoms with Crippen LogP contribution in [0.25, 0.3) is 10.9 Å². The van der Waals surface area contributed by atoms with Gasteiger partial charge in [0.1, 0.15) is 11.0 Å². The third-order valence-corrected chi connectivity index (χ3v) is 2.67. The Morgan fingerprint density at radius 2 is 2.28 bits per heavy atom. The number of hydrogen-bond acceptors (Lipinski definition) is 2. The summed E-state index contributed by atoms with van der Waals surface area (Å²) < 4.78 is 13.0. The van der Waals surface area contributed by atoms with E-state index in [1.54, 1.807) is 18.2 Å². The smallest absolute Gasteiger partial charge is 0.254 e. The second-order valence-corrected chi connectivity index (χ2v) is 4.02. The molecule has 0 unspecified atom stereocenters. The second kappa shape index (κ2) is 5.14. The van der Waals surface area contributed by atoms with Gasteiger partial charge < -0.3 is 5.32 Å². The van der Waals surface area contributed by atoms with E-state index in [2.05, 4.69) is 16.9 Å². The van der Waals surface area contributed by atoms with Gasteiger partial charge in [-0.15, -0.1) is 6.58 Å². The normalized spacial score (nSPS) is 10.3. The average molecular weight is 265 g/mol. The summed E-state index contributed by atoms with van der Waals surface area (Å²) in [4.78, 5) is 15.8. The van der Waals surface area contributed by atoms with E-state index in [9.17, 15) is 9.18 Å². The third kappa shape index (κ3) is 2.49. The van der Waals surface area contributed by atoms with Gasteiger partial charge in [-0.25, -0.2) is 9.37 Å². The van der Waals surface area contributed by atoms with Crippen molar-refractivity contribution in [2.75, 3.05) is 6.54 Å². The number of pyridine rings is 1. The highest BCUT2D eigenvalue weighted by Gasteiger charge is 2.12. The van der Waals surface area contributed by atoms with Gasteiger partial charge in [-0.05, 0) is 18.2 Å². The largest absolute Gasteiger partial charge is 0.348 e. The van der Waals surface area contributed by atoms with Gasteiger partial charge in [-0.1, -0.05) is 17.7 Å². The Kier molecular flexibility index (Phi) is 3.58. The zero-order chi connectivity index (χ0) is 13.1. The quantitative estimate of drug-likeness (QED) is 0.684. The van der Waals surface area contributed by atoms with E-state index < -0.39 is 5.82 Å². The number of aromatic nitrogens is 1. The summed E-state index contributed by atoms with van der Waals surface area (Å²) in [6.45, 7) is 3.85. The molecule has 0 fully saturated rings. The molecular weight excluding hydrogens is 255 g/mol. The minimum Gasteiger partial charge on any atom is -0.348 e. The minimum atomic E-state index is -0.394. The molecular formula is C13H10ClFN2O. The molecule has 0 bridgehead atoms. The predicted octanol–water partition coefficient (Wildman–Crippen LogP) is 2.94. The standard InChI is InChI=1S/C13H10ClFN2O/c1-2-5-16-13(18)10-6-8-3-4-9(15)7-11(8)17-12(10)14/h2-4,6-7H,1,5H2,(H,16,18). The third-order valence-electron chi connectivity index (χ3n) is 2.38. The number of fused-ring (bicyclic) bond motifs is 1. The van der Waals surface area contributed by atoms with Gasteiger partial charge in [0.05, 0.1) is 11.1 Å². The molecule has 2 rings (SSSR count). The van der Waals surface area contributed by atoms with Crippen molar-refractivity contribution in [3.05, 3.63) is 53.5 Å². The molecule has 0 saturated carbocycles. The lowest BCUT2D eigenvalue weighted by Gasteiger charge is -2.06. The molecule has 18 heavy (non-hydrogen) atoms. The molecule has 1 heterocycles. The van der Waals surface area contributed by atoms with Crippen molar-refractivity contribution in [2.24, 2.45) is 0 Å². The van der Waals surface area contributed by atoms with Crippen molar-refractivity contribution in [1.82, 2.24) is 10.3 Å². The van der Waals surface area contributed by atoms with E-state index in [-0.39, 0.29) is 16.6 Å². The number of hydrogen-bond donors (Lipinski definition) is 1. The van der Waals surface area contributed by atoms with Crippen LogP contribution in [0.2, 0.25) is 5.15 Å². The van der Waals surface area contributed by atoms with Crippen LogP contribution in [0.15, 0.2) is 36.9 Å². The van der Waals surface area contributed by atoms with Gasteiger partial charge in [0, 0.05) is 18.0 Å². The first-order valence-corrected chi connectivity index (χ1v) is 5.64. The highest BCUT2D eigenvalue weighted by atomic mass is 35.5. The summed E-state index contributed by atoms with van der Waals surface area (Å²) in [7, 11) is 0.